The van der Waals surface area contributed by atoms with Gasteiger partial charge in [-0.3, -0.25) is 4.79 Å². The van der Waals surface area contributed by atoms with Crippen LogP contribution in [-0.4, -0.2) is 64.1 Å². The minimum absolute atomic E-state index is 0.305. The van der Waals surface area contributed by atoms with Gasteiger partial charge >= 0.3 is 5.97 Å². The highest BCUT2D eigenvalue weighted by atomic mass is 16.5. The molecule has 90 valence electrons. The summed E-state index contributed by atoms with van der Waals surface area (Å²) in [4.78, 5) is 23.6. The normalized spacial score (nSPS) is 25.1. The summed E-state index contributed by atoms with van der Waals surface area (Å²) in [5.41, 5.74) is 0. The Hall–Kier alpha value is -1.44. The Morgan fingerprint density at radius 1 is 1.62 bits per heavy atom. The maximum Gasteiger partial charge on any atom is 0.331 e. The van der Waals surface area contributed by atoms with Crippen LogP contribution in [0.1, 0.15) is 0 Å². The first-order valence-corrected chi connectivity index (χ1v) is 4.57. The minimum Gasteiger partial charge on any atom is -0.467 e. The van der Waals surface area contributed by atoms with E-state index in [-0.39, 0.29) is 6.54 Å². The first-order valence-electron chi connectivity index (χ1n) is 4.57. The average molecular weight is 231 g/mol. The molecule has 0 saturated carbocycles. The molecule has 1 aliphatic rings. The van der Waals surface area contributed by atoms with E-state index in [1.807, 2.05) is 0 Å². The van der Waals surface area contributed by atoms with Crippen LogP contribution in [0.3, 0.4) is 0 Å². The van der Waals surface area contributed by atoms with Gasteiger partial charge in [-0.1, -0.05) is 0 Å². The Balaban J connectivity index is 2.91. The molecule has 0 fully saturated rings. The lowest BCUT2D eigenvalue weighted by Gasteiger charge is -2.33. The lowest BCUT2D eigenvalue weighted by molar-refractivity contribution is -0.156. The van der Waals surface area contributed by atoms with Crippen molar-refractivity contribution in [3.8, 4) is 0 Å². The van der Waals surface area contributed by atoms with Gasteiger partial charge in [0.1, 0.15) is 6.10 Å². The van der Waals surface area contributed by atoms with Crippen LogP contribution in [0.15, 0.2) is 12.3 Å². The Morgan fingerprint density at radius 3 is 2.75 bits per heavy atom. The van der Waals surface area contributed by atoms with Crippen LogP contribution in [-0.2, 0) is 14.3 Å². The standard InChI is InChI=1S/C9H13NO6/c1-16-9(15)7-8(14)5(11)2-3-10(7)4-6(12)13/h2-3,6-8,12-14H,4H2,1H3. The Labute approximate surface area is 91.5 Å². The number of ether oxygens (including phenoxy) is 1. The zero-order valence-electron chi connectivity index (χ0n) is 8.61. The SMILES string of the molecule is COC(=O)C1C(O)C(=O)C=CN1CC(O)O. The lowest BCUT2D eigenvalue weighted by atomic mass is 10.0. The number of carbonyl (C=O) groups is 2. The largest absolute Gasteiger partial charge is 0.467 e. The molecule has 0 spiro atoms. The molecule has 3 N–H and O–H groups in total. The Morgan fingerprint density at radius 2 is 2.25 bits per heavy atom. The third kappa shape index (κ3) is 2.57. The molecule has 0 aromatic carbocycles. The summed E-state index contributed by atoms with van der Waals surface area (Å²) in [6.45, 7) is -0.305. The third-order valence-corrected chi connectivity index (χ3v) is 2.19. The van der Waals surface area contributed by atoms with E-state index in [0.717, 1.165) is 18.1 Å². The monoisotopic (exact) mass is 231 g/mol. The molecule has 0 aliphatic carbocycles. The minimum atomic E-state index is -1.68. The van der Waals surface area contributed by atoms with Gasteiger partial charge in [-0.15, -0.1) is 0 Å². The number of esters is 1. The smallest absolute Gasteiger partial charge is 0.331 e. The van der Waals surface area contributed by atoms with Crippen LogP contribution in [0.2, 0.25) is 0 Å². The van der Waals surface area contributed by atoms with Gasteiger partial charge in [-0.05, 0) is 6.08 Å². The van der Waals surface area contributed by atoms with Gasteiger partial charge in [0.25, 0.3) is 0 Å². The highest BCUT2D eigenvalue weighted by molar-refractivity contribution is 5.98. The number of hydrogen-bond acceptors (Lipinski definition) is 7. The molecule has 0 aromatic heterocycles. The number of rotatable bonds is 3. The molecule has 0 saturated heterocycles. The van der Waals surface area contributed by atoms with Crippen molar-refractivity contribution in [3.63, 3.8) is 0 Å². The summed E-state index contributed by atoms with van der Waals surface area (Å²) in [6.07, 6.45) is -0.962. The van der Waals surface area contributed by atoms with E-state index in [9.17, 15) is 14.7 Å². The van der Waals surface area contributed by atoms with E-state index in [1.54, 1.807) is 0 Å². The third-order valence-electron chi connectivity index (χ3n) is 2.19. The summed E-state index contributed by atoms with van der Waals surface area (Å²) >= 11 is 0. The van der Waals surface area contributed by atoms with Crippen LogP contribution in [0, 0.1) is 0 Å². The van der Waals surface area contributed by atoms with Crippen molar-refractivity contribution >= 4 is 11.8 Å². The van der Waals surface area contributed by atoms with Crippen LogP contribution in [0.5, 0.6) is 0 Å². The van der Waals surface area contributed by atoms with E-state index in [2.05, 4.69) is 4.74 Å². The number of nitrogens with zero attached hydrogens (tertiary/aromatic N) is 1. The molecule has 0 bridgehead atoms. The summed E-state index contributed by atoms with van der Waals surface area (Å²) in [5.74, 6) is -1.44. The van der Waals surface area contributed by atoms with Crippen molar-refractivity contribution in [1.29, 1.82) is 0 Å². The predicted molar refractivity (Wildman–Crippen MR) is 50.9 cm³/mol. The molecule has 0 amide bonds. The topological polar surface area (TPSA) is 107 Å². The van der Waals surface area contributed by atoms with E-state index in [0.29, 0.717) is 0 Å². The second kappa shape index (κ2) is 5.06. The second-order valence-corrected chi connectivity index (χ2v) is 3.31. The lowest BCUT2D eigenvalue weighted by Crippen LogP contribution is -2.54. The highest BCUT2D eigenvalue weighted by Crippen LogP contribution is 2.15. The Bertz CT molecular complexity index is 313. The number of aliphatic hydroxyl groups excluding tert-OH is 2. The molecule has 7 nitrogen and oxygen atoms in total. The number of aliphatic hydroxyl groups is 3. The van der Waals surface area contributed by atoms with Gasteiger partial charge in [0.05, 0.1) is 13.7 Å². The van der Waals surface area contributed by atoms with Crippen LogP contribution >= 0.6 is 0 Å². The fourth-order valence-electron chi connectivity index (χ4n) is 1.45. The molecule has 2 unspecified atom stereocenters. The first kappa shape index (κ1) is 12.6. The molecular formula is C9H13NO6. The van der Waals surface area contributed by atoms with Gasteiger partial charge < -0.3 is 25.0 Å². The van der Waals surface area contributed by atoms with Crippen molar-refractivity contribution in [3.05, 3.63) is 12.3 Å². The molecule has 7 heteroatoms. The summed E-state index contributed by atoms with van der Waals surface area (Å²) in [5, 5.41) is 27.1. The summed E-state index contributed by atoms with van der Waals surface area (Å²) < 4.78 is 4.43. The molecule has 1 rings (SSSR count). The quantitative estimate of drug-likeness (QED) is 0.367. The fourth-order valence-corrected chi connectivity index (χ4v) is 1.45. The number of ketones is 1. The molecule has 0 radical (unpaired) electrons. The van der Waals surface area contributed by atoms with Gasteiger partial charge in [0.15, 0.2) is 18.1 Å². The molecular weight excluding hydrogens is 218 g/mol. The maximum absolute atomic E-state index is 11.3. The zero-order chi connectivity index (χ0) is 12.3. The summed E-state index contributed by atoms with van der Waals surface area (Å²) in [6, 6.07) is -1.25. The zero-order valence-corrected chi connectivity index (χ0v) is 8.61. The first-order chi connectivity index (χ1) is 7.47. The number of methoxy groups -OCH3 is 1. The van der Waals surface area contributed by atoms with Crippen molar-refractivity contribution in [2.45, 2.75) is 18.4 Å². The van der Waals surface area contributed by atoms with Gasteiger partial charge in [-0.2, -0.15) is 0 Å². The highest BCUT2D eigenvalue weighted by Gasteiger charge is 2.39. The molecule has 1 heterocycles. The number of β-amino-alcohol motifs (C(OH)–C–C–N with tert-alkyl or cyclic N) is 2. The van der Waals surface area contributed by atoms with Crippen LogP contribution < -0.4 is 0 Å². The fraction of sp³-hybridized carbons (Fsp3) is 0.556. The van der Waals surface area contributed by atoms with E-state index in [1.165, 1.54) is 6.20 Å². The van der Waals surface area contributed by atoms with Crippen molar-refractivity contribution < 1.29 is 29.6 Å². The number of hydrogen-bond donors (Lipinski definition) is 3. The second-order valence-electron chi connectivity index (χ2n) is 3.31. The van der Waals surface area contributed by atoms with Gasteiger partial charge in [-0.25, -0.2) is 4.79 Å². The molecule has 0 aromatic rings. The molecule has 2 atom stereocenters. The van der Waals surface area contributed by atoms with Gasteiger partial charge in [0.2, 0.25) is 0 Å². The van der Waals surface area contributed by atoms with Crippen molar-refractivity contribution in [1.82, 2.24) is 4.90 Å². The summed E-state index contributed by atoms with van der Waals surface area (Å²) in [7, 11) is 1.12. The number of carbonyl (C=O) groups excluding carboxylic acids is 2. The van der Waals surface area contributed by atoms with Gasteiger partial charge in [0, 0.05) is 6.20 Å². The molecule has 1 aliphatic heterocycles. The van der Waals surface area contributed by atoms with Crippen molar-refractivity contribution in [2.75, 3.05) is 13.7 Å². The van der Waals surface area contributed by atoms with Crippen LogP contribution in [0.25, 0.3) is 0 Å². The Kier molecular flexibility index (Phi) is 3.99. The van der Waals surface area contributed by atoms with E-state index < -0.39 is 30.2 Å². The van der Waals surface area contributed by atoms with Crippen LogP contribution in [0.4, 0.5) is 0 Å². The van der Waals surface area contributed by atoms with E-state index >= 15 is 0 Å². The maximum atomic E-state index is 11.3. The average Bonchev–Trinajstić information content (AvgIpc) is 2.22. The molecule has 16 heavy (non-hydrogen) atoms. The van der Waals surface area contributed by atoms with Crippen molar-refractivity contribution in [2.24, 2.45) is 0 Å². The predicted octanol–water partition coefficient (Wildman–Crippen LogP) is -2.40. The van der Waals surface area contributed by atoms with E-state index in [4.69, 9.17) is 10.2 Å².